The number of aromatic nitrogens is 5. The molecule has 11 heteroatoms. The molecule has 2 aromatic heterocycles. The Balaban J connectivity index is 1.61. The highest BCUT2D eigenvalue weighted by Gasteiger charge is 2.29. The van der Waals surface area contributed by atoms with E-state index in [1.54, 1.807) is 0 Å². The first-order valence-corrected chi connectivity index (χ1v) is 9.98. The molecule has 0 radical (unpaired) electrons. The molecule has 0 fully saturated rings. The third-order valence-corrected chi connectivity index (χ3v) is 5.44. The van der Waals surface area contributed by atoms with Crippen molar-refractivity contribution in [2.24, 2.45) is 0 Å². The molecule has 0 saturated heterocycles. The lowest BCUT2D eigenvalue weighted by molar-refractivity contribution is 0.0694. The van der Waals surface area contributed by atoms with Gasteiger partial charge in [-0.2, -0.15) is 5.10 Å². The van der Waals surface area contributed by atoms with Crippen LogP contribution in [0.15, 0.2) is 36.2 Å². The topological polar surface area (TPSA) is 96.8 Å². The van der Waals surface area contributed by atoms with E-state index in [4.69, 9.17) is 0 Å². The fourth-order valence-corrected chi connectivity index (χ4v) is 3.81. The van der Waals surface area contributed by atoms with Crippen molar-refractivity contribution in [2.75, 3.05) is 6.54 Å². The van der Waals surface area contributed by atoms with Crippen LogP contribution < -0.4 is 5.56 Å². The van der Waals surface area contributed by atoms with E-state index in [2.05, 4.69) is 33.6 Å². The van der Waals surface area contributed by atoms with Gasteiger partial charge in [0, 0.05) is 30.6 Å². The van der Waals surface area contributed by atoms with Crippen LogP contribution in [0.1, 0.15) is 50.8 Å². The predicted octanol–water partition coefficient (Wildman–Crippen LogP) is 2.97. The van der Waals surface area contributed by atoms with Gasteiger partial charge in [0.05, 0.1) is 17.8 Å². The molecule has 4 rings (SSSR count). The van der Waals surface area contributed by atoms with E-state index in [9.17, 15) is 22.8 Å². The third kappa shape index (κ3) is 4.09. The van der Waals surface area contributed by atoms with Crippen LogP contribution >= 0.6 is 0 Å². The second-order valence-electron chi connectivity index (χ2n) is 7.38. The summed E-state index contributed by atoms with van der Waals surface area (Å²) in [6, 6.07) is 4.10. The van der Waals surface area contributed by atoms with Gasteiger partial charge in [0.25, 0.3) is 17.9 Å². The van der Waals surface area contributed by atoms with Gasteiger partial charge >= 0.3 is 0 Å². The van der Waals surface area contributed by atoms with Crippen molar-refractivity contribution < 1.29 is 18.0 Å². The monoisotopic (exact) mass is 456 g/mol. The number of nitrogens with zero attached hydrogens (tertiary/aromatic N) is 5. The van der Waals surface area contributed by atoms with Gasteiger partial charge in [0.1, 0.15) is 5.82 Å². The average Bonchev–Trinajstić information content (AvgIpc) is 3.24. The molecule has 8 nitrogen and oxygen atoms in total. The van der Waals surface area contributed by atoms with Gasteiger partial charge in [-0.25, -0.2) is 18.3 Å². The van der Waals surface area contributed by atoms with Crippen LogP contribution in [0, 0.1) is 5.82 Å². The number of aromatic amines is 1. The Morgan fingerprint density at radius 2 is 1.94 bits per heavy atom. The Labute approximate surface area is 186 Å². The number of carbonyl (C=O) groups is 1. The highest BCUT2D eigenvalue weighted by molar-refractivity contribution is 5.94. The van der Waals surface area contributed by atoms with Crippen LogP contribution in [0.2, 0.25) is 0 Å². The molecule has 33 heavy (non-hydrogen) atoms. The van der Waals surface area contributed by atoms with Crippen LogP contribution in [0.3, 0.4) is 0 Å². The summed E-state index contributed by atoms with van der Waals surface area (Å²) in [4.78, 5) is 26.3. The minimum absolute atomic E-state index is 0.0625. The number of alkyl halides is 2. The Morgan fingerprint density at radius 3 is 2.64 bits per heavy atom. The fourth-order valence-electron chi connectivity index (χ4n) is 3.81. The Morgan fingerprint density at radius 1 is 1.18 bits per heavy atom. The number of hydrogen-bond donors (Lipinski definition) is 1. The molecular weight excluding hydrogens is 437 g/mol. The summed E-state index contributed by atoms with van der Waals surface area (Å²) in [5, 5.41) is 13.7. The van der Waals surface area contributed by atoms with Crippen LogP contribution in [0.5, 0.6) is 0 Å². The van der Waals surface area contributed by atoms with Gasteiger partial charge in [-0.1, -0.05) is 31.4 Å². The number of carbonyl (C=O) groups excluding carboxylic acids is 1. The first kappa shape index (κ1) is 22.2. The number of amides is 1. The number of benzene rings is 1. The predicted molar refractivity (Wildman–Crippen MR) is 114 cm³/mol. The summed E-state index contributed by atoms with van der Waals surface area (Å²) in [5.74, 6) is -1.54. The number of hydrogen-bond acceptors (Lipinski definition) is 5. The SMILES string of the molecule is C=Cc1c(Cc2ccc(F)c(C(=O)N3CCn4c(nnc4C(F)F)C3)c2)n[nH]c(=O)c1C=C. The Hall–Kier alpha value is -4.02. The number of H-pyrrole nitrogens is 1. The first-order valence-electron chi connectivity index (χ1n) is 9.98. The van der Waals surface area contributed by atoms with E-state index >= 15 is 0 Å². The second kappa shape index (κ2) is 8.85. The minimum atomic E-state index is -2.77. The van der Waals surface area contributed by atoms with E-state index in [1.165, 1.54) is 39.8 Å². The molecule has 1 aliphatic rings. The lowest BCUT2D eigenvalue weighted by atomic mass is 10.00. The van der Waals surface area contributed by atoms with Crippen molar-refractivity contribution in [3.63, 3.8) is 0 Å². The molecule has 1 N–H and O–H groups in total. The van der Waals surface area contributed by atoms with Gasteiger partial charge < -0.3 is 9.47 Å². The van der Waals surface area contributed by atoms with Gasteiger partial charge in [0.2, 0.25) is 0 Å². The van der Waals surface area contributed by atoms with E-state index in [1.807, 2.05) is 0 Å². The summed E-state index contributed by atoms with van der Waals surface area (Å²) in [6.07, 6.45) is 0.314. The van der Waals surface area contributed by atoms with E-state index in [0.717, 1.165) is 0 Å². The second-order valence-corrected chi connectivity index (χ2v) is 7.38. The van der Waals surface area contributed by atoms with Crippen LogP contribution in [0.25, 0.3) is 12.2 Å². The molecule has 0 spiro atoms. The lowest BCUT2D eigenvalue weighted by Crippen LogP contribution is -2.39. The fraction of sp³-hybridized carbons (Fsp3) is 0.227. The highest BCUT2D eigenvalue weighted by atomic mass is 19.3. The number of halogens is 3. The van der Waals surface area contributed by atoms with Gasteiger partial charge in [-0.05, 0) is 17.7 Å². The summed E-state index contributed by atoms with van der Waals surface area (Å²) < 4.78 is 41.9. The molecular formula is C22H19F3N6O2. The molecule has 1 aliphatic heterocycles. The molecule has 170 valence electrons. The van der Waals surface area contributed by atoms with Crippen molar-refractivity contribution in [2.45, 2.75) is 25.9 Å². The maximum absolute atomic E-state index is 14.6. The molecule has 0 atom stereocenters. The maximum atomic E-state index is 14.6. The maximum Gasteiger partial charge on any atom is 0.297 e. The van der Waals surface area contributed by atoms with Crippen LogP contribution in [0.4, 0.5) is 13.2 Å². The summed E-state index contributed by atoms with van der Waals surface area (Å²) in [5.41, 5.74) is 1.30. The van der Waals surface area contributed by atoms with Gasteiger partial charge in [0.15, 0.2) is 11.6 Å². The highest BCUT2D eigenvalue weighted by Crippen LogP contribution is 2.23. The average molecular weight is 456 g/mol. The van der Waals surface area contributed by atoms with Gasteiger partial charge in [-0.15, -0.1) is 10.2 Å². The zero-order valence-electron chi connectivity index (χ0n) is 17.4. The largest absolute Gasteiger partial charge is 0.329 e. The minimum Gasteiger partial charge on any atom is -0.329 e. The normalized spacial score (nSPS) is 13.2. The first-order chi connectivity index (χ1) is 15.8. The van der Waals surface area contributed by atoms with Gasteiger partial charge in [-0.3, -0.25) is 9.59 Å². The van der Waals surface area contributed by atoms with Crippen molar-refractivity contribution in [3.8, 4) is 0 Å². The molecule has 3 aromatic rings. The van der Waals surface area contributed by atoms with Crippen molar-refractivity contribution in [3.05, 3.63) is 87.1 Å². The van der Waals surface area contributed by atoms with E-state index in [0.29, 0.717) is 22.4 Å². The van der Waals surface area contributed by atoms with E-state index in [-0.39, 0.29) is 37.4 Å². The van der Waals surface area contributed by atoms with Crippen LogP contribution in [-0.4, -0.2) is 42.3 Å². The Bertz CT molecular complexity index is 1310. The molecule has 0 unspecified atom stereocenters. The summed E-state index contributed by atoms with van der Waals surface area (Å²) in [7, 11) is 0. The quantitative estimate of drug-likeness (QED) is 0.615. The third-order valence-electron chi connectivity index (χ3n) is 5.44. The zero-order chi connectivity index (χ0) is 23.7. The van der Waals surface area contributed by atoms with Crippen molar-refractivity contribution >= 4 is 18.1 Å². The number of rotatable bonds is 6. The van der Waals surface area contributed by atoms with Crippen LogP contribution in [-0.2, 0) is 19.5 Å². The molecule has 0 aliphatic carbocycles. The standard InChI is InChI=1S/C22H19F3N6O2/c1-3-13-14(4-2)21(32)29-26-17(13)10-12-5-6-16(23)15(9-12)22(33)30-7-8-31-18(11-30)27-28-20(31)19(24)25/h3-6,9,19H,1-2,7-8,10-11H2,(H,29,32). The van der Waals surface area contributed by atoms with Crippen molar-refractivity contribution in [1.29, 1.82) is 0 Å². The zero-order valence-corrected chi connectivity index (χ0v) is 17.4. The van der Waals surface area contributed by atoms with Crippen molar-refractivity contribution in [1.82, 2.24) is 29.9 Å². The molecule has 1 aromatic carbocycles. The molecule has 0 saturated carbocycles. The lowest BCUT2D eigenvalue weighted by Gasteiger charge is -2.28. The summed E-state index contributed by atoms with van der Waals surface area (Å²) in [6.45, 7) is 7.48. The summed E-state index contributed by atoms with van der Waals surface area (Å²) >= 11 is 0. The number of nitrogens with one attached hydrogen (secondary N) is 1. The van der Waals surface area contributed by atoms with E-state index < -0.39 is 29.5 Å². The molecule has 0 bridgehead atoms. The molecule has 1 amide bonds. The molecule has 3 heterocycles. The smallest absolute Gasteiger partial charge is 0.297 e. The number of fused-ring (bicyclic) bond motifs is 1. The Kier molecular flexibility index (Phi) is 5.95.